The van der Waals surface area contributed by atoms with Gasteiger partial charge in [-0.05, 0) is 65.7 Å². The number of esters is 1. The van der Waals surface area contributed by atoms with Crippen molar-refractivity contribution in [2.24, 2.45) is 0 Å². The summed E-state index contributed by atoms with van der Waals surface area (Å²) in [6, 6.07) is 14.8. The molecule has 25 heavy (non-hydrogen) atoms. The Balaban J connectivity index is 1.41. The molecule has 0 saturated carbocycles. The lowest BCUT2D eigenvalue weighted by atomic mass is 10.2. The molecule has 0 aliphatic heterocycles. The van der Waals surface area contributed by atoms with Crippen molar-refractivity contribution in [3.05, 3.63) is 60.4 Å². The molecule has 7 heteroatoms. The smallest absolute Gasteiger partial charge is 0.311 e. The van der Waals surface area contributed by atoms with Gasteiger partial charge in [0, 0.05) is 6.42 Å². The van der Waals surface area contributed by atoms with Crippen LogP contribution in [0.25, 0.3) is 5.69 Å². The van der Waals surface area contributed by atoms with Crippen molar-refractivity contribution in [3.8, 4) is 17.2 Å². The van der Waals surface area contributed by atoms with Crippen LogP contribution in [0.2, 0.25) is 0 Å². The van der Waals surface area contributed by atoms with E-state index in [-0.39, 0.29) is 5.97 Å². The van der Waals surface area contributed by atoms with Crippen molar-refractivity contribution in [1.29, 1.82) is 0 Å². The molecule has 0 aliphatic carbocycles. The number of aryl methyl sites for hydroxylation is 1. The molecule has 2 aromatic carbocycles. The number of hydrogen-bond donors (Lipinski definition) is 0. The summed E-state index contributed by atoms with van der Waals surface area (Å²) < 4.78 is 12.4. The number of tetrazole rings is 1. The third-order valence-corrected chi connectivity index (χ3v) is 3.47. The van der Waals surface area contributed by atoms with Gasteiger partial charge in [0.1, 0.15) is 17.8 Å². The first-order valence-electron chi connectivity index (χ1n) is 7.94. The Kier molecular flexibility index (Phi) is 5.36. The zero-order valence-corrected chi connectivity index (χ0v) is 13.8. The molecule has 1 aromatic heterocycles. The highest BCUT2D eigenvalue weighted by Gasteiger charge is 2.06. The fourth-order valence-electron chi connectivity index (χ4n) is 2.24. The van der Waals surface area contributed by atoms with Crippen molar-refractivity contribution < 1.29 is 14.3 Å². The molecule has 0 spiro atoms. The predicted octanol–water partition coefficient (Wildman–Crippen LogP) is 2.74. The lowest BCUT2D eigenvalue weighted by Gasteiger charge is -2.07. The van der Waals surface area contributed by atoms with Gasteiger partial charge in [0.05, 0.1) is 12.3 Å². The minimum atomic E-state index is -0.289. The van der Waals surface area contributed by atoms with Gasteiger partial charge in [0.15, 0.2) is 0 Å². The van der Waals surface area contributed by atoms with E-state index in [9.17, 15) is 4.79 Å². The maximum Gasteiger partial charge on any atom is 0.311 e. The fourth-order valence-corrected chi connectivity index (χ4v) is 2.24. The molecule has 3 rings (SSSR count). The highest BCUT2D eigenvalue weighted by molar-refractivity contribution is 5.72. The molecule has 0 amide bonds. The second-order valence-corrected chi connectivity index (χ2v) is 5.49. The van der Waals surface area contributed by atoms with E-state index in [4.69, 9.17) is 9.47 Å². The van der Waals surface area contributed by atoms with Crippen molar-refractivity contribution >= 4 is 5.97 Å². The molecule has 0 aliphatic rings. The third kappa shape index (κ3) is 4.87. The summed E-state index contributed by atoms with van der Waals surface area (Å²) in [6.07, 6.45) is 2.38. The molecule has 128 valence electrons. The van der Waals surface area contributed by atoms with Gasteiger partial charge >= 0.3 is 5.97 Å². The first kappa shape index (κ1) is 16.6. The van der Waals surface area contributed by atoms with Gasteiger partial charge in [-0.15, -0.1) is 5.10 Å². The molecular formula is C18H18N4O3. The number of carbonyl (C=O) groups is 1. The Bertz CT molecular complexity index is 817. The molecule has 0 unspecified atom stereocenters. The highest BCUT2D eigenvalue weighted by Crippen LogP contribution is 2.16. The molecule has 0 radical (unpaired) electrons. The number of hydrogen-bond acceptors (Lipinski definition) is 6. The van der Waals surface area contributed by atoms with Gasteiger partial charge in [-0.2, -0.15) is 0 Å². The number of nitrogens with zero attached hydrogens (tertiary/aromatic N) is 4. The van der Waals surface area contributed by atoms with E-state index in [0.717, 1.165) is 17.0 Å². The highest BCUT2D eigenvalue weighted by atomic mass is 16.5. The molecule has 3 aromatic rings. The van der Waals surface area contributed by atoms with Gasteiger partial charge < -0.3 is 9.47 Å². The molecule has 0 saturated heterocycles. The van der Waals surface area contributed by atoms with Crippen molar-refractivity contribution in [3.63, 3.8) is 0 Å². The van der Waals surface area contributed by atoms with Crippen LogP contribution in [0.1, 0.15) is 18.4 Å². The maximum absolute atomic E-state index is 11.9. The Morgan fingerprint density at radius 2 is 1.96 bits per heavy atom. The quantitative estimate of drug-likeness (QED) is 0.374. The Hall–Kier alpha value is -3.22. The number of rotatable bonds is 7. The van der Waals surface area contributed by atoms with Crippen LogP contribution in [0.4, 0.5) is 0 Å². The van der Waals surface area contributed by atoms with Gasteiger partial charge in [0.2, 0.25) is 0 Å². The predicted molar refractivity (Wildman–Crippen MR) is 90.7 cm³/mol. The van der Waals surface area contributed by atoms with Crippen LogP contribution in [0, 0.1) is 6.92 Å². The molecule has 7 nitrogen and oxygen atoms in total. The van der Waals surface area contributed by atoms with Gasteiger partial charge in [-0.3, -0.25) is 4.79 Å². The second-order valence-electron chi connectivity index (χ2n) is 5.49. The van der Waals surface area contributed by atoms with Crippen molar-refractivity contribution in [1.82, 2.24) is 20.2 Å². The number of carbonyl (C=O) groups excluding carboxylic acids is 1. The summed E-state index contributed by atoms with van der Waals surface area (Å²) in [6.45, 7) is 2.48. The summed E-state index contributed by atoms with van der Waals surface area (Å²) in [7, 11) is 0. The summed E-state index contributed by atoms with van der Waals surface area (Å²) in [4.78, 5) is 11.9. The van der Waals surface area contributed by atoms with E-state index < -0.39 is 0 Å². The lowest BCUT2D eigenvalue weighted by molar-refractivity contribution is -0.134. The van der Waals surface area contributed by atoms with Crippen LogP contribution in [0.15, 0.2) is 54.9 Å². The van der Waals surface area contributed by atoms with E-state index in [1.165, 1.54) is 11.0 Å². The third-order valence-electron chi connectivity index (χ3n) is 3.47. The molecule has 1 heterocycles. The Labute approximate surface area is 145 Å². The van der Waals surface area contributed by atoms with Gasteiger partial charge in [-0.1, -0.05) is 12.1 Å². The fraction of sp³-hybridized carbons (Fsp3) is 0.222. The summed E-state index contributed by atoms with van der Waals surface area (Å²) in [5, 5.41) is 10.9. The summed E-state index contributed by atoms with van der Waals surface area (Å²) in [5.74, 6) is 1.01. The van der Waals surface area contributed by atoms with E-state index >= 15 is 0 Å². The molecule has 0 N–H and O–H groups in total. The van der Waals surface area contributed by atoms with E-state index in [2.05, 4.69) is 15.5 Å². The van der Waals surface area contributed by atoms with E-state index in [1.807, 2.05) is 31.2 Å². The monoisotopic (exact) mass is 338 g/mol. The normalized spacial score (nSPS) is 10.4. The number of ether oxygens (including phenoxy) is 2. The second kappa shape index (κ2) is 8.05. The minimum Gasteiger partial charge on any atom is -0.494 e. The first-order chi connectivity index (χ1) is 12.2. The average Bonchev–Trinajstić information content (AvgIpc) is 3.14. The molecule has 0 bridgehead atoms. The van der Waals surface area contributed by atoms with Crippen LogP contribution in [-0.2, 0) is 4.79 Å². The SMILES string of the molecule is Cc1cccc(OCCCC(=O)Oc2ccc(-n3cnnn3)cc2)c1. The molecule has 0 atom stereocenters. The van der Waals surface area contributed by atoms with Gasteiger partial charge in [0.25, 0.3) is 0 Å². The standard InChI is InChI=1S/C18H18N4O3/c1-14-4-2-5-17(12-14)24-11-3-6-18(23)25-16-9-7-15(8-10-16)22-13-19-20-21-22/h2,4-5,7-10,12-13H,3,6,11H2,1H3. The van der Waals surface area contributed by atoms with Crippen molar-refractivity contribution in [2.45, 2.75) is 19.8 Å². The number of aromatic nitrogens is 4. The van der Waals surface area contributed by atoms with Crippen LogP contribution in [0.5, 0.6) is 11.5 Å². The van der Waals surface area contributed by atoms with Crippen molar-refractivity contribution in [2.75, 3.05) is 6.61 Å². The summed E-state index contributed by atoms with van der Waals surface area (Å²) in [5.41, 5.74) is 1.93. The molecular weight excluding hydrogens is 320 g/mol. The van der Waals surface area contributed by atoms with Crippen LogP contribution in [-0.4, -0.2) is 32.8 Å². The van der Waals surface area contributed by atoms with Crippen LogP contribution in [0.3, 0.4) is 0 Å². The van der Waals surface area contributed by atoms with Crippen LogP contribution < -0.4 is 9.47 Å². The average molecular weight is 338 g/mol. The van der Waals surface area contributed by atoms with E-state index in [1.54, 1.807) is 24.3 Å². The topological polar surface area (TPSA) is 79.1 Å². The zero-order valence-electron chi connectivity index (χ0n) is 13.8. The first-order valence-corrected chi connectivity index (χ1v) is 7.94. The molecule has 0 fully saturated rings. The number of benzene rings is 2. The Morgan fingerprint density at radius 1 is 1.12 bits per heavy atom. The minimum absolute atomic E-state index is 0.289. The maximum atomic E-state index is 11.9. The zero-order chi connectivity index (χ0) is 17.5. The summed E-state index contributed by atoms with van der Waals surface area (Å²) >= 11 is 0. The van der Waals surface area contributed by atoms with Crippen LogP contribution >= 0.6 is 0 Å². The largest absolute Gasteiger partial charge is 0.494 e. The lowest BCUT2D eigenvalue weighted by Crippen LogP contribution is -2.10. The van der Waals surface area contributed by atoms with E-state index in [0.29, 0.717) is 25.2 Å². The van der Waals surface area contributed by atoms with Gasteiger partial charge in [-0.25, -0.2) is 4.68 Å². The Morgan fingerprint density at radius 3 is 2.68 bits per heavy atom.